The summed E-state index contributed by atoms with van der Waals surface area (Å²) in [4.78, 5) is 28.2. The van der Waals surface area contributed by atoms with Gasteiger partial charge in [-0.15, -0.1) is 10.2 Å². The summed E-state index contributed by atoms with van der Waals surface area (Å²) in [5, 5.41) is 15.1. The highest BCUT2D eigenvalue weighted by molar-refractivity contribution is 5.84. The van der Waals surface area contributed by atoms with Crippen LogP contribution in [0.5, 0.6) is 0 Å². The van der Waals surface area contributed by atoms with Gasteiger partial charge < -0.3 is 19.1 Å². The molecule has 4 rings (SSSR count). The average molecular weight is 426 g/mol. The van der Waals surface area contributed by atoms with E-state index in [0.29, 0.717) is 17.3 Å². The molecule has 164 valence electrons. The molecular formula is C21H26N6O4. The molecule has 0 aromatic carbocycles. The minimum absolute atomic E-state index is 0.0605. The van der Waals surface area contributed by atoms with Gasteiger partial charge in [0.15, 0.2) is 5.76 Å². The first-order valence-electron chi connectivity index (χ1n) is 10.5. The SMILES string of the molecule is Cc1ccc(-c2nnn(CC(=O)N(CC(=O)NC3CCCCC3)Cc3ccco3)n2)o1. The number of aryl methyl sites for hydroxylation is 1. The molecular weight excluding hydrogens is 400 g/mol. The zero-order valence-electron chi connectivity index (χ0n) is 17.5. The molecule has 0 atom stereocenters. The van der Waals surface area contributed by atoms with Crippen molar-refractivity contribution in [3.05, 3.63) is 42.0 Å². The summed E-state index contributed by atoms with van der Waals surface area (Å²) in [5.74, 6) is 1.62. The van der Waals surface area contributed by atoms with E-state index in [1.165, 1.54) is 22.4 Å². The van der Waals surface area contributed by atoms with E-state index in [-0.39, 0.29) is 37.5 Å². The lowest BCUT2D eigenvalue weighted by Crippen LogP contribution is -2.45. The van der Waals surface area contributed by atoms with Crippen LogP contribution >= 0.6 is 0 Å². The number of carbonyl (C=O) groups is 2. The number of amides is 2. The van der Waals surface area contributed by atoms with E-state index in [0.717, 1.165) is 31.4 Å². The molecule has 0 unspecified atom stereocenters. The number of furan rings is 2. The quantitative estimate of drug-likeness (QED) is 0.587. The van der Waals surface area contributed by atoms with Gasteiger partial charge in [0.05, 0.1) is 12.8 Å². The van der Waals surface area contributed by atoms with E-state index in [1.54, 1.807) is 24.3 Å². The van der Waals surface area contributed by atoms with Crippen molar-refractivity contribution < 1.29 is 18.4 Å². The van der Waals surface area contributed by atoms with E-state index < -0.39 is 0 Å². The molecule has 1 aliphatic carbocycles. The molecule has 0 saturated heterocycles. The van der Waals surface area contributed by atoms with Crippen LogP contribution in [-0.4, -0.2) is 49.5 Å². The maximum absolute atomic E-state index is 13.0. The van der Waals surface area contributed by atoms with Crippen molar-refractivity contribution in [1.29, 1.82) is 0 Å². The maximum Gasteiger partial charge on any atom is 0.247 e. The zero-order chi connectivity index (χ0) is 21.6. The van der Waals surface area contributed by atoms with Crippen molar-refractivity contribution >= 4 is 11.8 Å². The molecule has 3 aromatic rings. The third-order valence-electron chi connectivity index (χ3n) is 5.27. The molecule has 1 fully saturated rings. The van der Waals surface area contributed by atoms with Gasteiger partial charge in [0.25, 0.3) is 0 Å². The average Bonchev–Trinajstić information content (AvgIpc) is 3.50. The molecule has 0 radical (unpaired) electrons. The predicted octanol–water partition coefficient (Wildman–Crippen LogP) is 2.31. The Morgan fingerprint density at radius 3 is 2.77 bits per heavy atom. The Labute approximate surface area is 179 Å². The summed E-state index contributed by atoms with van der Waals surface area (Å²) in [5.41, 5.74) is 0. The number of hydrogen-bond acceptors (Lipinski definition) is 7. The van der Waals surface area contributed by atoms with Crippen molar-refractivity contribution in [3.63, 3.8) is 0 Å². The van der Waals surface area contributed by atoms with Gasteiger partial charge in [-0.1, -0.05) is 19.3 Å². The second-order valence-electron chi connectivity index (χ2n) is 7.79. The third-order valence-corrected chi connectivity index (χ3v) is 5.27. The van der Waals surface area contributed by atoms with E-state index in [9.17, 15) is 9.59 Å². The van der Waals surface area contributed by atoms with E-state index in [4.69, 9.17) is 8.83 Å². The van der Waals surface area contributed by atoms with Crippen molar-refractivity contribution in [3.8, 4) is 11.6 Å². The van der Waals surface area contributed by atoms with Crippen LogP contribution in [0.2, 0.25) is 0 Å². The number of nitrogens with zero attached hydrogens (tertiary/aromatic N) is 5. The normalized spacial score (nSPS) is 14.5. The number of nitrogens with one attached hydrogen (secondary N) is 1. The summed E-state index contributed by atoms with van der Waals surface area (Å²) in [7, 11) is 0. The summed E-state index contributed by atoms with van der Waals surface area (Å²) in [6.45, 7) is 1.80. The van der Waals surface area contributed by atoms with Crippen LogP contribution < -0.4 is 5.32 Å². The van der Waals surface area contributed by atoms with Gasteiger partial charge in [-0.25, -0.2) is 0 Å². The van der Waals surface area contributed by atoms with Gasteiger partial charge in [0, 0.05) is 6.04 Å². The highest BCUT2D eigenvalue weighted by atomic mass is 16.3. The minimum Gasteiger partial charge on any atom is -0.467 e. The van der Waals surface area contributed by atoms with Gasteiger partial charge in [-0.05, 0) is 49.2 Å². The first-order valence-corrected chi connectivity index (χ1v) is 10.5. The maximum atomic E-state index is 13.0. The van der Waals surface area contributed by atoms with Crippen molar-refractivity contribution in [1.82, 2.24) is 30.4 Å². The highest BCUT2D eigenvalue weighted by Crippen LogP contribution is 2.18. The number of hydrogen-bond donors (Lipinski definition) is 1. The second kappa shape index (κ2) is 9.59. The molecule has 1 saturated carbocycles. The molecule has 0 bridgehead atoms. The first kappa shape index (κ1) is 20.8. The van der Waals surface area contributed by atoms with Crippen LogP contribution in [0.3, 0.4) is 0 Å². The molecule has 1 aliphatic rings. The Hall–Kier alpha value is -3.43. The van der Waals surface area contributed by atoms with Gasteiger partial charge in [0.2, 0.25) is 17.6 Å². The molecule has 0 spiro atoms. The topological polar surface area (TPSA) is 119 Å². The lowest BCUT2D eigenvalue weighted by Gasteiger charge is -2.25. The molecule has 2 amide bonds. The largest absolute Gasteiger partial charge is 0.467 e. The van der Waals surface area contributed by atoms with Crippen LogP contribution in [0.1, 0.15) is 43.6 Å². The molecule has 0 aliphatic heterocycles. The third kappa shape index (κ3) is 5.59. The smallest absolute Gasteiger partial charge is 0.247 e. The Morgan fingerprint density at radius 1 is 1.23 bits per heavy atom. The fraction of sp³-hybridized carbons (Fsp3) is 0.476. The standard InChI is InChI=1S/C21H26N6O4/c1-15-9-10-18(31-15)21-23-25-27(24-21)14-20(29)26(12-17-8-5-11-30-17)13-19(28)22-16-6-3-2-4-7-16/h5,8-11,16H,2-4,6-7,12-14H2,1H3,(H,22,28). The van der Waals surface area contributed by atoms with Gasteiger partial charge in [-0.2, -0.15) is 4.80 Å². The zero-order valence-corrected chi connectivity index (χ0v) is 17.5. The fourth-order valence-electron chi connectivity index (χ4n) is 3.70. The van der Waals surface area contributed by atoms with Crippen LogP contribution in [0.25, 0.3) is 11.6 Å². The van der Waals surface area contributed by atoms with Crippen LogP contribution in [0, 0.1) is 6.92 Å². The minimum atomic E-state index is -0.310. The summed E-state index contributed by atoms with van der Waals surface area (Å²) < 4.78 is 10.9. The Morgan fingerprint density at radius 2 is 2.06 bits per heavy atom. The number of aromatic nitrogens is 4. The molecule has 10 nitrogen and oxygen atoms in total. The van der Waals surface area contributed by atoms with Crippen molar-refractivity contribution in [2.45, 2.75) is 58.2 Å². The summed E-state index contributed by atoms with van der Waals surface area (Å²) in [6, 6.07) is 7.24. The van der Waals surface area contributed by atoms with E-state index in [2.05, 4.69) is 20.7 Å². The number of rotatable bonds is 8. The molecule has 31 heavy (non-hydrogen) atoms. The number of carbonyl (C=O) groups excluding carboxylic acids is 2. The second-order valence-corrected chi connectivity index (χ2v) is 7.79. The lowest BCUT2D eigenvalue weighted by molar-refractivity contribution is -0.138. The summed E-state index contributed by atoms with van der Waals surface area (Å²) >= 11 is 0. The molecule has 3 heterocycles. The number of tetrazole rings is 1. The molecule has 3 aromatic heterocycles. The lowest BCUT2D eigenvalue weighted by atomic mass is 9.95. The Balaban J connectivity index is 1.41. The van der Waals surface area contributed by atoms with Crippen LogP contribution in [0.15, 0.2) is 39.4 Å². The monoisotopic (exact) mass is 426 g/mol. The Kier molecular flexibility index (Phi) is 6.44. The van der Waals surface area contributed by atoms with Gasteiger partial charge in [-0.3, -0.25) is 9.59 Å². The Bertz CT molecular complexity index is 1000. The van der Waals surface area contributed by atoms with Crippen molar-refractivity contribution in [2.24, 2.45) is 0 Å². The first-order chi connectivity index (χ1) is 15.1. The molecule has 10 heteroatoms. The van der Waals surface area contributed by atoms with Gasteiger partial charge in [0.1, 0.15) is 24.6 Å². The van der Waals surface area contributed by atoms with Gasteiger partial charge >= 0.3 is 0 Å². The molecule has 1 N–H and O–H groups in total. The van der Waals surface area contributed by atoms with Crippen LogP contribution in [0.4, 0.5) is 0 Å². The van der Waals surface area contributed by atoms with E-state index >= 15 is 0 Å². The fourth-order valence-corrected chi connectivity index (χ4v) is 3.70. The van der Waals surface area contributed by atoms with E-state index in [1.807, 2.05) is 6.92 Å². The predicted molar refractivity (Wildman–Crippen MR) is 109 cm³/mol. The highest BCUT2D eigenvalue weighted by Gasteiger charge is 2.23. The van der Waals surface area contributed by atoms with Crippen molar-refractivity contribution in [2.75, 3.05) is 6.54 Å². The van der Waals surface area contributed by atoms with Crippen LogP contribution in [-0.2, 0) is 22.7 Å². The summed E-state index contributed by atoms with van der Waals surface area (Å²) in [6.07, 6.45) is 6.95.